The Bertz CT molecular complexity index is 1090. The van der Waals surface area contributed by atoms with Gasteiger partial charge in [-0.1, -0.05) is 6.07 Å². The minimum atomic E-state index is -0.939. The normalized spacial score (nSPS) is 15.8. The Balaban J connectivity index is 1.53. The van der Waals surface area contributed by atoms with E-state index in [1.807, 2.05) is 31.2 Å². The third-order valence-electron chi connectivity index (χ3n) is 5.44. The predicted molar refractivity (Wildman–Crippen MR) is 112 cm³/mol. The van der Waals surface area contributed by atoms with Gasteiger partial charge < -0.3 is 29.9 Å². The lowest BCUT2D eigenvalue weighted by molar-refractivity contribution is -0.0605. The summed E-state index contributed by atoms with van der Waals surface area (Å²) in [6, 6.07) is 7.61. The van der Waals surface area contributed by atoms with E-state index in [2.05, 4.69) is 20.3 Å². The molecule has 0 atom stereocenters. The third-order valence-corrected chi connectivity index (χ3v) is 5.44. The molecule has 0 radical (unpaired) electrons. The number of amides is 1. The highest BCUT2D eigenvalue weighted by molar-refractivity contribution is 5.97. The van der Waals surface area contributed by atoms with Crippen LogP contribution in [0.15, 0.2) is 24.3 Å². The molecule has 30 heavy (non-hydrogen) atoms. The van der Waals surface area contributed by atoms with Crippen LogP contribution in [0.2, 0.25) is 0 Å². The third kappa shape index (κ3) is 3.94. The zero-order valence-electron chi connectivity index (χ0n) is 17.0. The van der Waals surface area contributed by atoms with E-state index < -0.39 is 5.60 Å². The Labute approximate surface area is 173 Å². The van der Waals surface area contributed by atoms with Crippen molar-refractivity contribution in [2.24, 2.45) is 0 Å². The SMILES string of the molecule is COC(=N)c1cc2cc(-c3nc(C(=O)NCC4(O)CCOCC4)[nH]c3C)ccc2[nH]1. The molecule has 158 valence electrons. The number of H-pyrrole nitrogens is 2. The number of carbonyl (C=O) groups is 1. The molecule has 9 nitrogen and oxygen atoms in total. The van der Waals surface area contributed by atoms with Crippen LogP contribution in [0, 0.1) is 12.3 Å². The molecule has 0 bridgehead atoms. The number of aromatic nitrogens is 3. The Kier molecular flexibility index (Phi) is 5.31. The first kappa shape index (κ1) is 20.1. The smallest absolute Gasteiger partial charge is 0.287 e. The molecule has 1 aliphatic rings. The Morgan fingerprint density at radius 1 is 1.33 bits per heavy atom. The first-order chi connectivity index (χ1) is 14.4. The number of rotatable bonds is 5. The molecule has 1 aliphatic heterocycles. The number of nitrogens with zero attached hydrogens (tertiary/aromatic N) is 1. The van der Waals surface area contributed by atoms with Crippen molar-refractivity contribution in [1.82, 2.24) is 20.3 Å². The van der Waals surface area contributed by atoms with Crippen LogP contribution in [-0.2, 0) is 9.47 Å². The maximum absolute atomic E-state index is 12.6. The van der Waals surface area contributed by atoms with E-state index in [4.69, 9.17) is 14.9 Å². The summed E-state index contributed by atoms with van der Waals surface area (Å²) in [7, 11) is 1.46. The van der Waals surface area contributed by atoms with Crippen LogP contribution in [0.5, 0.6) is 0 Å². The largest absolute Gasteiger partial charge is 0.480 e. The Hall–Kier alpha value is -3.17. The summed E-state index contributed by atoms with van der Waals surface area (Å²) in [5, 5.41) is 22.0. The molecule has 3 heterocycles. The summed E-state index contributed by atoms with van der Waals surface area (Å²) in [4.78, 5) is 23.2. The van der Waals surface area contributed by atoms with Crippen LogP contribution in [0.25, 0.3) is 22.2 Å². The second-order valence-electron chi connectivity index (χ2n) is 7.60. The summed E-state index contributed by atoms with van der Waals surface area (Å²) < 4.78 is 10.2. The number of aliphatic hydroxyl groups is 1. The molecule has 5 N–H and O–H groups in total. The van der Waals surface area contributed by atoms with E-state index in [0.29, 0.717) is 37.4 Å². The lowest BCUT2D eigenvalue weighted by Crippen LogP contribution is -2.46. The fourth-order valence-corrected chi connectivity index (χ4v) is 3.62. The van der Waals surface area contributed by atoms with Crippen molar-refractivity contribution < 1.29 is 19.4 Å². The maximum Gasteiger partial charge on any atom is 0.287 e. The van der Waals surface area contributed by atoms with Crippen LogP contribution in [0.3, 0.4) is 0 Å². The number of nitrogens with one attached hydrogen (secondary N) is 4. The highest BCUT2D eigenvalue weighted by Gasteiger charge is 2.30. The number of hydrogen-bond donors (Lipinski definition) is 5. The van der Waals surface area contributed by atoms with Gasteiger partial charge in [0.05, 0.1) is 18.4 Å². The Morgan fingerprint density at radius 3 is 2.83 bits per heavy atom. The van der Waals surface area contributed by atoms with E-state index in [1.54, 1.807) is 0 Å². The van der Waals surface area contributed by atoms with Gasteiger partial charge in [0.1, 0.15) is 5.69 Å². The van der Waals surface area contributed by atoms with Gasteiger partial charge in [0.2, 0.25) is 5.90 Å². The van der Waals surface area contributed by atoms with Crippen LogP contribution in [0.1, 0.15) is 34.8 Å². The molecule has 1 saturated heterocycles. The monoisotopic (exact) mass is 411 g/mol. The minimum Gasteiger partial charge on any atom is -0.480 e. The molecule has 3 aromatic rings. The number of aryl methyl sites for hydroxylation is 1. The number of carbonyl (C=O) groups excluding carboxylic acids is 1. The summed E-state index contributed by atoms with van der Waals surface area (Å²) in [5.74, 6) is -0.0918. The van der Waals surface area contributed by atoms with E-state index >= 15 is 0 Å². The highest BCUT2D eigenvalue weighted by atomic mass is 16.5. The number of hydrogen-bond acceptors (Lipinski definition) is 6. The van der Waals surface area contributed by atoms with Gasteiger partial charge in [-0.2, -0.15) is 0 Å². The van der Waals surface area contributed by atoms with Gasteiger partial charge in [0.15, 0.2) is 5.82 Å². The predicted octanol–water partition coefficient (Wildman–Crippen LogP) is 2.11. The summed E-state index contributed by atoms with van der Waals surface area (Å²) in [6.45, 7) is 3.00. The van der Waals surface area contributed by atoms with Crippen molar-refractivity contribution in [3.8, 4) is 11.3 Å². The maximum atomic E-state index is 12.6. The molecule has 2 aromatic heterocycles. The van der Waals surface area contributed by atoms with E-state index in [-0.39, 0.29) is 24.2 Å². The zero-order valence-corrected chi connectivity index (χ0v) is 17.0. The van der Waals surface area contributed by atoms with Crippen LogP contribution < -0.4 is 5.32 Å². The van der Waals surface area contributed by atoms with E-state index in [9.17, 15) is 9.90 Å². The fourth-order valence-electron chi connectivity index (χ4n) is 3.62. The molecule has 0 spiro atoms. The molecule has 0 aliphatic carbocycles. The lowest BCUT2D eigenvalue weighted by Gasteiger charge is -2.31. The number of aromatic amines is 2. The lowest BCUT2D eigenvalue weighted by atomic mass is 9.94. The standard InChI is InChI=1S/C21H25N5O4/c1-12-17(13-3-4-15-14(9-13)10-16(25-15)18(22)29-2)26-19(24-12)20(27)23-11-21(28)5-7-30-8-6-21/h3-4,9-10,22,25,28H,5-8,11H2,1-2H3,(H,23,27)(H,24,26). The van der Waals surface area contributed by atoms with Crippen LogP contribution >= 0.6 is 0 Å². The van der Waals surface area contributed by atoms with Gasteiger partial charge in [-0.05, 0) is 25.1 Å². The van der Waals surface area contributed by atoms with Crippen LogP contribution in [-0.4, -0.2) is 64.3 Å². The fraction of sp³-hybridized carbons (Fsp3) is 0.381. The van der Waals surface area contributed by atoms with Gasteiger partial charge in [0, 0.05) is 54.8 Å². The zero-order chi connectivity index (χ0) is 21.3. The summed E-state index contributed by atoms with van der Waals surface area (Å²) >= 11 is 0. The van der Waals surface area contributed by atoms with Gasteiger partial charge >= 0.3 is 0 Å². The van der Waals surface area contributed by atoms with Crippen molar-refractivity contribution in [2.45, 2.75) is 25.4 Å². The number of fused-ring (bicyclic) bond motifs is 1. The van der Waals surface area contributed by atoms with Crippen molar-refractivity contribution in [2.75, 3.05) is 26.9 Å². The molecule has 0 unspecified atom stereocenters. The van der Waals surface area contributed by atoms with E-state index in [0.717, 1.165) is 22.2 Å². The van der Waals surface area contributed by atoms with Crippen LogP contribution in [0.4, 0.5) is 0 Å². The second-order valence-corrected chi connectivity index (χ2v) is 7.60. The topological polar surface area (TPSA) is 136 Å². The molecular formula is C21H25N5O4. The van der Waals surface area contributed by atoms with Gasteiger partial charge in [-0.3, -0.25) is 10.2 Å². The van der Waals surface area contributed by atoms with Gasteiger partial charge in [-0.15, -0.1) is 0 Å². The molecule has 1 aromatic carbocycles. The van der Waals surface area contributed by atoms with E-state index in [1.165, 1.54) is 7.11 Å². The molecule has 1 fully saturated rings. The van der Waals surface area contributed by atoms with Crippen molar-refractivity contribution >= 4 is 22.7 Å². The average molecular weight is 411 g/mol. The number of methoxy groups -OCH3 is 1. The van der Waals surface area contributed by atoms with Gasteiger partial charge in [-0.25, -0.2) is 4.98 Å². The summed E-state index contributed by atoms with van der Waals surface area (Å²) in [6.07, 6.45) is 0.990. The van der Waals surface area contributed by atoms with Crippen molar-refractivity contribution in [3.63, 3.8) is 0 Å². The quantitative estimate of drug-likeness (QED) is 0.324. The average Bonchev–Trinajstić information content (AvgIpc) is 3.35. The second kappa shape index (κ2) is 7.92. The first-order valence-corrected chi connectivity index (χ1v) is 9.79. The molecule has 0 saturated carbocycles. The van der Waals surface area contributed by atoms with Gasteiger partial charge in [0.25, 0.3) is 5.91 Å². The molecule has 4 rings (SSSR count). The number of imidazole rings is 1. The Morgan fingerprint density at radius 2 is 2.10 bits per heavy atom. The first-order valence-electron chi connectivity index (χ1n) is 9.79. The molecular weight excluding hydrogens is 386 g/mol. The molecule has 9 heteroatoms. The highest BCUT2D eigenvalue weighted by Crippen LogP contribution is 2.26. The number of benzene rings is 1. The molecule has 1 amide bonds. The van der Waals surface area contributed by atoms with Crippen molar-refractivity contribution in [1.29, 1.82) is 5.41 Å². The summed E-state index contributed by atoms with van der Waals surface area (Å²) in [5.41, 5.74) is 2.83. The number of ether oxygens (including phenoxy) is 2. The van der Waals surface area contributed by atoms with Crippen molar-refractivity contribution in [3.05, 3.63) is 41.5 Å². The minimum absolute atomic E-state index is 0.0637.